The fourth-order valence-electron chi connectivity index (χ4n) is 19.8. The van der Waals surface area contributed by atoms with Crippen LogP contribution in [0.1, 0.15) is 133 Å². The number of hydrogen-bond donors (Lipinski definition) is 8. The third-order valence-corrected chi connectivity index (χ3v) is 30.8. The molecule has 8 N–H and O–H groups in total. The van der Waals surface area contributed by atoms with Crippen LogP contribution in [0, 0.1) is 0 Å². The van der Waals surface area contributed by atoms with Gasteiger partial charge in [-0.2, -0.15) is 24.9 Å². The molecule has 12 aromatic carbocycles. The van der Waals surface area contributed by atoms with Crippen LogP contribution in [-0.4, -0.2) is 168 Å². The van der Waals surface area contributed by atoms with Crippen LogP contribution in [0.3, 0.4) is 0 Å². The average Bonchev–Trinajstić information content (AvgIpc) is 1.57. The Hall–Kier alpha value is -13.5. The van der Waals surface area contributed by atoms with Crippen molar-refractivity contribution in [3.63, 3.8) is 0 Å². The molecule has 6 aliphatic heterocycles. The minimum Gasteiger partial charge on any atom is -0.491 e. The molecule has 770 valence electrons. The van der Waals surface area contributed by atoms with Crippen molar-refractivity contribution in [2.75, 3.05) is 58.4 Å². The van der Waals surface area contributed by atoms with E-state index in [1.165, 1.54) is 17.0 Å². The van der Waals surface area contributed by atoms with Gasteiger partial charge in [-0.25, -0.2) is 28.8 Å². The molecule has 0 bridgehead atoms. The highest BCUT2D eigenvalue weighted by molar-refractivity contribution is 9.10. The Morgan fingerprint density at radius 2 is 0.720 bits per heavy atom. The highest BCUT2D eigenvalue weighted by Gasteiger charge is 2.45. The molecule has 7 unspecified atom stereocenters. The molecule has 0 saturated carbocycles. The van der Waals surface area contributed by atoms with Gasteiger partial charge in [-0.3, -0.25) is 24.4 Å². The molecule has 6 amide bonds. The highest BCUT2D eigenvalue weighted by Crippen LogP contribution is 2.48. The van der Waals surface area contributed by atoms with Crippen LogP contribution in [0.2, 0.25) is 30.1 Å². The van der Waals surface area contributed by atoms with Gasteiger partial charge in [0.25, 0.3) is 0 Å². The number of aliphatic hydroxyl groups is 1. The number of nitrogens with zero attached hydrogens (tertiary/aromatic N) is 4. The number of fused-ring (bicyclic) bond motifs is 13. The lowest BCUT2D eigenvalue weighted by molar-refractivity contribution is -0.144. The van der Waals surface area contributed by atoms with Gasteiger partial charge in [0, 0.05) is 149 Å². The number of halogens is 11. The Labute approximate surface area is 908 Å². The van der Waals surface area contributed by atoms with Crippen LogP contribution in [0.25, 0.3) is 43.6 Å². The second-order valence-corrected chi connectivity index (χ2v) is 41.9. The number of alkyl halides is 3. The van der Waals surface area contributed by atoms with Gasteiger partial charge in [0.05, 0.1) is 29.8 Å². The van der Waals surface area contributed by atoms with E-state index in [9.17, 15) is 51.8 Å². The Kier molecular flexibility index (Phi) is 32.6. The summed E-state index contributed by atoms with van der Waals surface area (Å²) in [6.45, 7) is 2.24. The highest BCUT2D eigenvalue weighted by atomic mass is 79.9. The molecule has 0 aliphatic carbocycles. The maximum atomic E-state index is 13.6. The average molecular weight is 2300 g/mol. The lowest BCUT2D eigenvalue weighted by atomic mass is 9.92. The summed E-state index contributed by atoms with van der Waals surface area (Å²) in [6, 6.07) is 74.7. The van der Waals surface area contributed by atoms with Gasteiger partial charge in [-0.1, -0.05) is 156 Å². The second-order valence-electron chi connectivity index (χ2n) is 36.2. The van der Waals surface area contributed by atoms with Crippen molar-refractivity contribution < 1.29 is 90.1 Å². The largest absolute Gasteiger partial charge is 0.491 e. The van der Waals surface area contributed by atoms with Crippen molar-refractivity contribution >= 4 is 199 Å². The summed E-state index contributed by atoms with van der Waals surface area (Å²) in [7, 11) is 0. The van der Waals surface area contributed by atoms with Gasteiger partial charge in [-0.15, -0.1) is 0 Å². The topological polar surface area (TPSA) is 325 Å². The zero-order valence-electron chi connectivity index (χ0n) is 79.4. The fraction of sp³-hybridized carbons (Fsp3) is 0.223. The first-order valence-electron chi connectivity index (χ1n) is 48.0. The number of nitrogens with one attached hydrogen (secondary N) is 6. The van der Waals surface area contributed by atoms with Crippen LogP contribution < -0.4 is 39.1 Å². The number of thioether (sulfide) groups is 1. The maximum absolute atomic E-state index is 13.6. The van der Waals surface area contributed by atoms with E-state index in [0.717, 1.165) is 151 Å². The number of amides is 6. The molecule has 26 nitrogen and oxygen atoms in total. The number of benzene rings is 12. The van der Waals surface area contributed by atoms with Crippen molar-refractivity contribution in [1.82, 2.24) is 50.2 Å². The molecule has 6 aliphatic rings. The van der Waals surface area contributed by atoms with Crippen molar-refractivity contribution in [1.29, 1.82) is 0 Å². The number of rotatable bonds is 21. The Morgan fingerprint density at radius 3 is 1.07 bits per heavy atom. The summed E-state index contributed by atoms with van der Waals surface area (Å²) in [5, 5.41) is 32.3. The van der Waals surface area contributed by atoms with E-state index >= 15 is 0 Å². The number of carboxylic acids is 1. The number of hydrogen-bond acceptors (Lipinski definition) is 16. The van der Waals surface area contributed by atoms with E-state index in [0.29, 0.717) is 134 Å². The fourth-order valence-corrected chi connectivity index (χ4v) is 22.9. The van der Waals surface area contributed by atoms with Crippen molar-refractivity contribution in [2.45, 2.75) is 99.0 Å². The zero-order chi connectivity index (χ0) is 105. The van der Waals surface area contributed by atoms with Crippen LogP contribution in [0.4, 0.5) is 37.1 Å². The lowest BCUT2D eigenvalue weighted by Gasteiger charge is -2.35. The third kappa shape index (κ3) is 24.1. The summed E-state index contributed by atoms with van der Waals surface area (Å²) >= 11 is 45.4. The number of esters is 1. The Morgan fingerprint density at radius 1 is 0.393 bits per heavy atom. The lowest BCUT2D eigenvalue weighted by Crippen LogP contribution is -2.42. The van der Waals surface area contributed by atoms with Crippen LogP contribution in [0.5, 0.6) is 34.5 Å². The molecule has 38 heteroatoms. The predicted octanol–water partition coefficient (Wildman–Crippen LogP) is 27.4. The monoisotopic (exact) mass is 2290 g/mol. The molecule has 150 heavy (non-hydrogen) atoms. The molecule has 16 aromatic rings. The van der Waals surface area contributed by atoms with Crippen LogP contribution in [-0.2, 0) is 41.4 Å². The minimum absolute atomic E-state index is 0.0598. The van der Waals surface area contributed by atoms with Crippen LogP contribution in [0.15, 0.2) is 276 Å². The number of carbonyl (C=O) groups is 7. The summed E-state index contributed by atoms with van der Waals surface area (Å²) in [5.74, 6) is 2.51. The molecule has 10 heterocycles. The molecule has 7 atom stereocenters. The predicted molar refractivity (Wildman–Crippen MR) is 578 cm³/mol. The van der Waals surface area contributed by atoms with E-state index in [4.69, 9.17) is 108 Å². The van der Waals surface area contributed by atoms with Crippen molar-refractivity contribution in [2.24, 2.45) is 0 Å². The molecule has 0 radical (unpaired) electrons. The van der Waals surface area contributed by atoms with Gasteiger partial charge in [0.15, 0.2) is 0 Å². The number of aliphatic hydroxyl groups excluding tert-OH is 1. The Bertz CT molecular complexity index is 7690. The molecule has 0 spiro atoms. The zero-order valence-corrected chi connectivity index (χ0v) is 88.0. The van der Waals surface area contributed by atoms with Crippen molar-refractivity contribution in [3.05, 3.63) is 384 Å². The summed E-state index contributed by atoms with van der Waals surface area (Å²) in [4.78, 5) is 109. The smallest absolute Gasteiger partial charge is 0.416 e. The number of carboxylic acid groups (broad SMARTS) is 1. The second kappa shape index (κ2) is 46.5. The number of carbonyl (C=O) groups excluding carboxylic acids is 6. The number of urea groups is 1. The van der Waals surface area contributed by atoms with Gasteiger partial charge in [0.2, 0.25) is 0 Å². The first kappa shape index (κ1) is 105. The first-order valence-corrected chi connectivity index (χ1v) is 52.9. The van der Waals surface area contributed by atoms with Gasteiger partial charge < -0.3 is 73.9 Å². The number of aromatic carboxylic acids is 1. The molecule has 4 aromatic heterocycles. The Balaban J connectivity index is 0.000000127. The summed E-state index contributed by atoms with van der Waals surface area (Å²) in [5.41, 5.74) is 14.2. The van der Waals surface area contributed by atoms with Crippen LogP contribution >= 0.6 is 113 Å². The summed E-state index contributed by atoms with van der Waals surface area (Å²) < 4.78 is 80.8. The number of aromatic nitrogens is 4. The molecule has 2 saturated heterocycles. The minimum atomic E-state index is -4.45. The van der Waals surface area contributed by atoms with E-state index < -0.39 is 60.2 Å². The quantitative estimate of drug-likeness (QED) is 0.0188. The van der Waals surface area contributed by atoms with Crippen molar-refractivity contribution in [3.8, 4) is 34.5 Å². The van der Waals surface area contributed by atoms with E-state index in [1.807, 2.05) is 127 Å². The van der Waals surface area contributed by atoms with E-state index in [2.05, 4.69) is 68.5 Å². The number of ether oxygens (including phenoxy) is 7. The third-order valence-electron chi connectivity index (χ3n) is 26.8. The normalized spacial score (nSPS) is 17.3. The van der Waals surface area contributed by atoms with Gasteiger partial charge >= 0.3 is 48.5 Å². The summed E-state index contributed by atoms with van der Waals surface area (Å²) in [6.07, 6.45) is -0.970. The molecule has 2 fully saturated rings. The van der Waals surface area contributed by atoms with Gasteiger partial charge in [0.1, 0.15) is 78.5 Å². The number of H-pyrrole nitrogens is 4. The standard InChI is InChI=1S/C36H36Cl2N4O6S.C26H22Cl2N2O4.C25H17BrClF3N2O2.C25H18BrClN2O4/c37-22-7-12-25(13-8-22)48-36(45)42-16-15-26-27-19-23(38)9-14-28(27)39-32(26)34(42)21-5-10-24(11-6-21)46-17-18-47-31(43)4-2-1-3-30-33-29(20-49-30)40-35(44)41-33;27-17-3-8-20(9-4-17)34-26(32)30-12-11-21-22-15-18(28)5-10-23(22)29-24(21)25(30)16-1-6-19(7-2-16)33-14-13-31;26-16-5-10-21-20(13-16)19-11-12-32(24(33)34-18-8-6-17(27)7-9-18)23(22(19)31-21)14-1-3-15(4-2-14)25(28,29)30;26-16-5-10-21-20(13-16)19-11-12-29(25(32)33-18-8-6-17(27)7-9-18)23(22(19)28-21)14-1-3-15(4-2-14)24(30)31/h5-14,19,29-30,33-34,39H,1-4,15-18,20H2,(H2,40,41,44);1-10,15,25,29,31H,11-14H2;1-10,13,23,31H,11-12H2;1-10,13,23,28H,11-12H2,(H,30,31). The number of unbranched alkanes of at least 4 members (excludes halogenated alkanes) is 1. The molecule has 22 rings (SSSR count). The van der Waals surface area contributed by atoms with Gasteiger partial charge in [-0.05, 0) is 301 Å². The maximum Gasteiger partial charge on any atom is 0.416 e. The number of aromatic amines is 4. The molecular formula is C112H93Br2Cl6F3N10O16S. The van der Waals surface area contributed by atoms with E-state index in [-0.39, 0.29) is 62.1 Å². The molecular weight excluding hydrogens is 2200 g/mol. The van der Waals surface area contributed by atoms with E-state index in [1.54, 1.807) is 136 Å². The SMILES string of the molecule is O=C(O)c1ccc(C2c3[nH]c4ccc(Br)cc4c3CCN2C(=O)Oc2ccc(Cl)cc2)cc1.O=C(Oc1ccc(Cl)cc1)N1CCc2c([nH]c3ccc(Br)cc23)C1c1ccc(C(F)(F)F)cc1.O=C(Oc1ccc(Cl)cc1)N1CCc2c([nH]c3ccc(Cl)cc23)C1c1ccc(OCCO)cc1.O=C1NC2CSC(CCCCC(=O)OCCOc3ccc(C4c5[nH]c6ccc(Cl)cc6c5CCN4C(=O)Oc4ccc(Cl)cc4)cc3)C2N1. The first-order chi connectivity index (χ1) is 72.5.